The fourth-order valence-corrected chi connectivity index (χ4v) is 5.71. The lowest BCUT2D eigenvalue weighted by Crippen LogP contribution is -2.50. The first-order valence-corrected chi connectivity index (χ1v) is 12.9. The summed E-state index contributed by atoms with van der Waals surface area (Å²) in [7, 11) is -7.06. The van der Waals surface area contributed by atoms with Crippen LogP contribution in [-0.2, 0) is 24.7 Å². The van der Waals surface area contributed by atoms with Crippen molar-refractivity contribution in [3.05, 3.63) is 53.6 Å². The summed E-state index contributed by atoms with van der Waals surface area (Å²) < 4.78 is 50.2. The van der Waals surface area contributed by atoms with Crippen LogP contribution in [0.1, 0.15) is 0 Å². The average Bonchev–Trinajstić information content (AvgIpc) is 2.68. The Morgan fingerprint density at radius 1 is 1.00 bits per heavy atom. The fourth-order valence-electron chi connectivity index (χ4n) is 3.13. The zero-order valence-corrected chi connectivity index (χ0v) is 18.7. The molecule has 11 heteroatoms. The van der Waals surface area contributed by atoms with Gasteiger partial charge in [-0.05, 0) is 30.3 Å². The van der Waals surface area contributed by atoms with Crippen molar-refractivity contribution >= 4 is 43.1 Å². The topological polar surface area (TPSA) is 104 Å². The van der Waals surface area contributed by atoms with Crippen molar-refractivity contribution in [3.8, 4) is 0 Å². The highest BCUT2D eigenvalue weighted by Gasteiger charge is 2.30. The van der Waals surface area contributed by atoms with Gasteiger partial charge in [0.25, 0.3) is 0 Å². The van der Waals surface area contributed by atoms with E-state index in [1.54, 1.807) is 24.3 Å². The van der Waals surface area contributed by atoms with Gasteiger partial charge >= 0.3 is 0 Å². The van der Waals surface area contributed by atoms with Crippen molar-refractivity contribution in [2.45, 2.75) is 9.79 Å². The van der Waals surface area contributed by atoms with Crippen molar-refractivity contribution in [2.75, 3.05) is 44.3 Å². The van der Waals surface area contributed by atoms with E-state index >= 15 is 0 Å². The monoisotopic (exact) mass is 471 g/mol. The van der Waals surface area contributed by atoms with Crippen molar-refractivity contribution < 1.29 is 21.6 Å². The number of nitrogens with one attached hydrogen (secondary N) is 1. The molecular weight excluding hydrogens is 450 g/mol. The number of carbonyl (C=O) groups excluding carboxylic acids is 1. The number of nitrogens with zero attached hydrogens (tertiary/aromatic N) is 2. The third-order valence-corrected chi connectivity index (χ3v) is 8.21. The van der Waals surface area contributed by atoms with Crippen molar-refractivity contribution in [2.24, 2.45) is 0 Å². The third kappa shape index (κ3) is 5.38. The lowest BCUT2D eigenvalue weighted by molar-refractivity contribution is -0.117. The van der Waals surface area contributed by atoms with Crippen LogP contribution >= 0.6 is 11.6 Å². The van der Waals surface area contributed by atoms with E-state index < -0.39 is 19.9 Å². The first-order valence-electron chi connectivity index (χ1n) is 9.14. The van der Waals surface area contributed by atoms with Crippen LogP contribution in [-0.4, -0.2) is 70.9 Å². The molecule has 1 fully saturated rings. The number of sulfonamides is 1. The molecule has 3 rings (SSSR count). The normalized spacial score (nSPS) is 16.3. The highest BCUT2D eigenvalue weighted by Crippen LogP contribution is 2.25. The van der Waals surface area contributed by atoms with E-state index in [1.807, 2.05) is 4.90 Å². The lowest BCUT2D eigenvalue weighted by Gasteiger charge is -2.33. The molecule has 0 bridgehead atoms. The zero-order valence-electron chi connectivity index (χ0n) is 16.3. The minimum Gasteiger partial charge on any atom is -0.325 e. The van der Waals surface area contributed by atoms with Gasteiger partial charge in [0, 0.05) is 38.1 Å². The predicted molar refractivity (Wildman–Crippen MR) is 115 cm³/mol. The van der Waals surface area contributed by atoms with Crippen molar-refractivity contribution in [1.82, 2.24) is 9.21 Å². The summed E-state index contributed by atoms with van der Waals surface area (Å²) in [6, 6.07) is 12.3. The second-order valence-electron chi connectivity index (χ2n) is 6.96. The molecule has 0 aliphatic carbocycles. The number of rotatable bonds is 6. The standard InChI is InChI=1S/C19H22ClN3O5S2/c1-29(25,26)16-6-4-5-15(13-16)21-19(24)14-22-9-11-23(12-10-22)30(27,28)18-8-3-2-7-17(18)20/h2-8,13H,9-12,14H2,1H3,(H,21,24). The van der Waals surface area contributed by atoms with Gasteiger partial charge in [-0.1, -0.05) is 29.8 Å². The number of hydrogen-bond donors (Lipinski definition) is 1. The Labute approximate surface area is 181 Å². The summed E-state index contributed by atoms with van der Waals surface area (Å²) in [5.41, 5.74) is 0.392. The van der Waals surface area contributed by atoms with Crippen LogP contribution in [0.15, 0.2) is 58.3 Å². The average molecular weight is 472 g/mol. The molecule has 2 aromatic rings. The summed E-state index contributed by atoms with van der Waals surface area (Å²) in [6.45, 7) is 1.33. The van der Waals surface area contributed by atoms with E-state index in [0.717, 1.165) is 6.26 Å². The van der Waals surface area contributed by atoms with Crippen LogP contribution in [0, 0.1) is 0 Å². The molecule has 2 aromatic carbocycles. The number of carbonyl (C=O) groups is 1. The number of hydrogen-bond acceptors (Lipinski definition) is 6. The van der Waals surface area contributed by atoms with E-state index in [2.05, 4.69) is 5.32 Å². The smallest absolute Gasteiger partial charge is 0.244 e. The van der Waals surface area contributed by atoms with E-state index in [-0.39, 0.29) is 40.4 Å². The van der Waals surface area contributed by atoms with Gasteiger partial charge in [0.05, 0.1) is 16.5 Å². The molecule has 1 aliphatic rings. The molecule has 1 heterocycles. The molecule has 0 atom stereocenters. The van der Waals surface area contributed by atoms with Gasteiger partial charge in [0.15, 0.2) is 9.84 Å². The molecule has 162 valence electrons. The van der Waals surface area contributed by atoms with Gasteiger partial charge in [-0.25, -0.2) is 16.8 Å². The minimum absolute atomic E-state index is 0.0725. The van der Waals surface area contributed by atoms with Gasteiger partial charge in [-0.3, -0.25) is 9.69 Å². The molecule has 1 aliphatic heterocycles. The molecule has 0 aromatic heterocycles. The Bertz CT molecular complexity index is 1140. The highest BCUT2D eigenvalue weighted by atomic mass is 35.5. The van der Waals surface area contributed by atoms with Crippen LogP contribution in [0.5, 0.6) is 0 Å². The summed E-state index contributed by atoms with van der Waals surface area (Å²) >= 11 is 6.03. The first kappa shape index (κ1) is 22.7. The number of sulfone groups is 1. The second kappa shape index (κ2) is 9.03. The molecule has 30 heavy (non-hydrogen) atoms. The predicted octanol–water partition coefficient (Wildman–Crippen LogP) is 1.69. The lowest BCUT2D eigenvalue weighted by atomic mass is 10.3. The maximum Gasteiger partial charge on any atom is 0.244 e. The van der Waals surface area contributed by atoms with Crippen molar-refractivity contribution in [3.63, 3.8) is 0 Å². The second-order valence-corrected chi connectivity index (χ2v) is 11.3. The number of piperazine rings is 1. The SMILES string of the molecule is CS(=O)(=O)c1cccc(NC(=O)CN2CCN(S(=O)(=O)c3ccccc3Cl)CC2)c1. The first-order chi connectivity index (χ1) is 14.1. The van der Waals surface area contributed by atoms with E-state index in [9.17, 15) is 21.6 Å². The number of amides is 1. The van der Waals surface area contributed by atoms with Crippen LogP contribution < -0.4 is 5.32 Å². The largest absolute Gasteiger partial charge is 0.325 e. The molecular formula is C19H22ClN3O5S2. The van der Waals surface area contributed by atoms with Crippen LogP contribution in [0.25, 0.3) is 0 Å². The zero-order chi connectivity index (χ0) is 21.9. The Balaban J connectivity index is 1.57. The van der Waals surface area contributed by atoms with Gasteiger partial charge in [-0.2, -0.15) is 4.31 Å². The fraction of sp³-hybridized carbons (Fsp3) is 0.316. The summed E-state index contributed by atoms with van der Waals surface area (Å²) in [5.74, 6) is -0.303. The molecule has 1 N–H and O–H groups in total. The molecule has 0 saturated carbocycles. The highest BCUT2D eigenvalue weighted by molar-refractivity contribution is 7.90. The molecule has 0 radical (unpaired) electrons. The number of halogens is 1. The van der Waals surface area contributed by atoms with Crippen LogP contribution in [0.4, 0.5) is 5.69 Å². The van der Waals surface area contributed by atoms with Gasteiger partial charge < -0.3 is 5.32 Å². The quantitative estimate of drug-likeness (QED) is 0.687. The summed E-state index contributed by atoms with van der Waals surface area (Å²) in [5, 5.41) is 2.86. The Hall–Kier alpha value is -1.98. The maximum absolute atomic E-state index is 12.8. The Kier molecular flexibility index (Phi) is 6.83. The summed E-state index contributed by atoms with van der Waals surface area (Å²) in [6.07, 6.45) is 1.10. The number of anilines is 1. The van der Waals surface area contributed by atoms with Gasteiger partial charge in [-0.15, -0.1) is 0 Å². The molecule has 1 saturated heterocycles. The third-order valence-electron chi connectivity index (χ3n) is 4.70. The molecule has 1 amide bonds. The van der Waals surface area contributed by atoms with Crippen molar-refractivity contribution in [1.29, 1.82) is 0 Å². The minimum atomic E-state index is -3.69. The van der Waals surface area contributed by atoms with Crippen LogP contribution in [0.2, 0.25) is 5.02 Å². The summed E-state index contributed by atoms with van der Waals surface area (Å²) in [4.78, 5) is 14.4. The molecule has 0 spiro atoms. The van der Waals surface area contributed by atoms with E-state index in [0.29, 0.717) is 18.8 Å². The molecule has 8 nitrogen and oxygen atoms in total. The maximum atomic E-state index is 12.8. The Morgan fingerprint density at radius 2 is 1.67 bits per heavy atom. The Morgan fingerprint density at radius 3 is 2.30 bits per heavy atom. The van der Waals surface area contributed by atoms with Gasteiger partial charge in [0.2, 0.25) is 15.9 Å². The number of benzene rings is 2. The van der Waals surface area contributed by atoms with Crippen LogP contribution in [0.3, 0.4) is 0 Å². The molecule has 0 unspecified atom stereocenters. The van der Waals surface area contributed by atoms with E-state index in [4.69, 9.17) is 11.6 Å². The van der Waals surface area contributed by atoms with E-state index in [1.165, 1.54) is 28.6 Å². The van der Waals surface area contributed by atoms with Gasteiger partial charge in [0.1, 0.15) is 4.90 Å².